The second kappa shape index (κ2) is 7.69. The molecular formula is C20H26N2O2. The Labute approximate surface area is 144 Å². The Kier molecular flexibility index (Phi) is 5.38. The van der Waals surface area contributed by atoms with Gasteiger partial charge in [-0.05, 0) is 30.2 Å². The first-order chi connectivity index (χ1) is 11.7. The van der Waals surface area contributed by atoms with Crippen molar-refractivity contribution in [2.45, 2.75) is 13.0 Å². The molecule has 1 atom stereocenters. The maximum Gasteiger partial charge on any atom is 0.161 e. The lowest BCUT2D eigenvalue weighted by molar-refractivity contribution is 0.198. The van der Waals surface area contributed by atoms with Gasteiger partial charge in [-0.2, -0.15) is 0 Å². The first kappa shape index (κ1) is 16.8. The number of nitrogens with one attached hydrogen (secondary N) is 1. The van der Waals surface area contributed by atoms with E-state index in [1.54, 1.807) is 14.2 Å². The Hall–Kier alpha value is -2.04. The number of piperazine rings is 1. The molecule has 3 rings (SSSR count). The quantitative estimate of drug-likeness (QED) is 0.916. The summed E-state index contributed by atoms with van der Waals surface area (Å²) in [5.41, 5.74) is 3.83. The fourth-order valence-electron chi connectivity index (χ4n) is 3.33. The maximum atomic E-state index is 5.51. The molecule has 0 amide bonds. The molecule has 4 nitrogen and oxygen atoms in total. The first-order valence-corrected chi connectivity index (χ1v) is 8.46. The standard InChI is InChI=1S/C20H26N2O2/c1-15-4-6-16(7-5-15)20(22-12-10-21-11-13-22)17-8-9-18(23-2)19(14-17)24-3/h4-9,14,20-21H,10-13H2,1-3H3. The van der Waals surface area contributed by atoms with Gasteiger partial charge < -0.3 is 14.8 Å². The molecule has 0 aromatic heterocycles. The van der Waals surface area contributed by atoms with Gasteiger partial charge in [-0.1, -0.05) is 35.9 Å². The highest BCUT2D eigenvalue weighted by Gasteiger charge is 2.24. The number of ether oxygens (including phenoxy) is 2. The van der Waals surface area contributed by atoms with Crippen molar-refractivity contribution >= 4 is 0 Å². The minimum Gasteiger partial charge on any atom is -0.493 e. The van der Waals surface area contributed by atoms with Crippen molar-refractivity contribution in [3.8, 4) is 11.5 Å². The Balaban J connectivity index is 2.01. The second-order valence-electron chi connectivity index (χ2n) is 6.21. The van der Waals surface area contributed by atoms with Crippen LogP contribution in [0.15, 0.2) is 42.5 Å². The number of aryl methyl sites for hydroxylation is 1. The lowest BCUT2D eigenvalue weighted by atomic mass is 9.95. The van der Waals surface area contributed by atoms with Crippen LogP contribution in [0.5, 0.6) is 11.5 Å². The molecule has 1 unspecified atom stereocenters. The summed E-state index contributed by atoms with van der Waals surface area (Å²) in [5.74, 6) is 1.55. The van der Waals surface area contributed by atoms with E-state index in [2.05, 4.69) is 53.5 Å². The van der Waals surface area contributed by atoms with Gasteiger partial charge in [0.05, 0.1) is 20.3 Å². The van der Waals surface area contributed by atoms with Gasteiger partial charge in [0.2, 0.25) is 0 Å². The smallest absolute Gasteiger partial charge is 0.161 e. The Morgan fingerprint density at radius 1 is 0.875 bits per heavy atom. The van der Waals surface area contributed by atoms with Crippen molar-refractivity contribution in [3.05, 3.63) is 59.2 Å². The molecule has 1 aliphatic rings. The van der Waals surface area contributed by atoms with Crippen LogP contribution in [0.2, 0.25) is 0 Å². The fourth-order valence-corrected chi connectivity index (χ4v) is 3.33. The third-order valence-corrected chi connectivity index (χ3v) is 4.63. The normalized spacial score (nSPS) is 16.6. The zero-order valence-electron chi connectivity index (χ0n) is 14.7. The molecule has 1 N–H and O–H groups in total. The number of nitrogens with zero attached hydrogens (tertiary/aromatic N) is 1. The Morgan fingerprint density at radius 2 is 1.50 bits per heavy atom. The van der Waals surface area contributed by atoms with E-state index in [0.717, 1.165) is 37.7 Å². The zero-order valence-corrected chi connectivity index (χ0v) is 14.7. The van der Waals surface area contributed by atoms with Crippen molar-refractivity contribution in [1.29, 1.82) is 0 Å². The van der Waals surface area contributed by atoms with Crippen molar-refractivity contribution in [1.82, 2.24) is 10.2 Å². The molecule has 1 aliphatic heterocycles. The summed E-state index contributed by atoms with van der Waals surface area (Å²) in [4.78, 5) is 2.53. The minimum atomic E-state index is 0.229. The van der Waals surface area contributed by atoms with Crippen LogP contribution >= 0.6 is 0 Å². The molecule has 0 saturated carbocycles. The largest absolute Gasteiger partial charge is 0.493 e. The predicted octanol–water partition coefficient (Wildman–Crippen LogP) is 3.01. The van der Waals surface area contributed by atoms with Gasteiger partial charge in [-0.25, -0.2) is 0 Å². The van der Waals surface area contributed by atoms with Crippen LogP contribution in [0.3, 0.4) is 0 Å². The zero-order chi connectivity index (χ0) is 16.9. The van der Waals surface area contributed by atoms with E-state index in [1.165, 1.54) is 16.7 Å². The van der Waals surface area contributed by atoms with Crippen molar-refractivity contribution in [3.63, 3.8) is 0 Å². The average Bonchev–Trinajstić information content (AvgIpc) is 2.64. The summed E-state index contributed by atoms with van der Waals surface area (Å²) < 4.78 is 10.9. The summed E-state index contributed by atoms with van der Waals surface area (Å²) in [5, 5.41) is 3.44. The topological polar surface area (TPSA) is 33.7 Å². The highest BCUT2D eigenvalue weighted by Crippen LogP contribution is 2.35. The van der Waals surface area contributed by atoms with Crippen LogP contribution in [0.25, 0.3) is 0 Å². The van der Waals surface area contributed by atoms with Gasteiger partial charge in [0.25, 0.3) is 0 Å². The van der Waals surface area contributed by atoms with Crippen LogP contribution in [-0.4, -0.2) is 45.3 Å². The van der Waals surface area contributed by atoms with Crippen LogP contribution in [0.1, 0.15) is 22.7 Å². The third-order valence-electron chi connectivity index (χ3n) is 4.63. The monoisotopic (exact) mass is 326 g/mol. The molecule has 128 valence electrons. The van der Waals surface area contributed by atoms with E-state index in [-0.39, 0.29) is 6.04 Å². The predicted molar refractivity (Wildman–Crippen MR) is 97.0 cm³/mol. The molecule has 2 aromatic carbocycles. The van der Waals surface area contributed by atoms with Gasteiger partial charge in [-0.15, -0.1) is 0 Å². The number of methoxy groups -OCH3 is 2. The van der Waals surface area contributed by atoms with E-state index < -0.39 is 0 Å². The highest BCUT2D eigenvalue weighted by atomic mass is 16.5. The fraction of sp³-hybridized carbons (Fsp3) is 0.400. The number of hydrogen-bond donors (Lipinski definition) is 1. The van der Waals surface area contributed by atoms with Crippen molar-refractivity contribution in [2.75, 3.05) is 40.4 Å². The number of hydrogen-bond acceptors (Lipinski definition) is 4. The lowest BCUT2D eigenvalue weighted by Gasteiger charge is -2.35. The van der Waals surface area contributed by atoms with Gasteiger partial charge >= 0.3 is 0 Å². The SMILES string of the molecule is COc1ccc(C(c2ccc(C)cc2)N2CCNCC2)cc1OC. The van der Waals surface area contributed by atoms with Gasteiger partial charge in [0.1, 0.15) is 0 Å². The van der Waals surface area contributed by atoms with E-state index >= 15 is 0 Å². The summed E-state index contributed by atoms with van der Waals surface area (Å²) in [6.45, 7) is 6.24. The summed E-state index contributed by atoms with van der Waals surface area (Å²) in [6.07, 6.45) is 0. The molecule has 1 fully saturated rings. The van der Waals surface area contributed by atoms with Crippen molar-refractivity contribution in [2.24, 2.45) is 0 Å². The van der Waals surface area contributed by atoms with Crippen LogP contribution < -0.4 is 14.8 Å². The Bertz CT molecular complexity index is 664. The molecule has 0 bridgehead atoms. The molecular weight excluding hydrogens is 300 g/mol. The highest BCUT2D eigenvalue weighted by molar-refractivity contribution is 5.46. The van der Waals surface area contributed by atoms with Crippen LogP contribution in [0, 0.1) is 6.92 Å². The van der Waals surface area contributed by atoms with Gasteiger partial charge in [0, 0.05) is 26.2 Å². The summed E-state index contributed by atoms with van der Waals surface area (Å²) in [7, 11) is 3.36. The van der Waals surface area contributed by atoms with E-state index in [9.17, 15) is 0 Å². The van der Waals surface area contributed by atoms with Gasteiger partial charge in [0.15, 0.2) is 11.5 Å². The van der Waals surface area contributed by atoms with Crippen LogP contribution in [-0.2, 0) is 0 Å². The molecule has 1 heterocycles. The second-order valence-corrected chi connectivity index (χ2v) is 6.21. The van der Waals surface area contributed by atoms with E-state index in [1.807, 2.05) is 6.07 Å². The number of benzene rings is 2. The molecule has 24 heavy (non-hydrogen) atoms. The van der Waals surface area contributed by atoms with Gasteiger partial charge in [-0.3, -0.25) is 4.90 Å². The van der Waals surface area contributed by atoms with E-state index in [4.69, 9.17) is 9.47 Å². The third kappa shape index (κ3) is 3.55. The van der Waals surface area contributed by atoms with Crippen LogP contribution in [0.4, 0.5) is 0 Å². The Morgan fingerprint density at radius 3 is 2.12 bits per heavy atom. The van der Waals surface area contributed by atoms with E-state index in [0.29, 0.717) is 0 Å². The number of rotatable bonds is 5. The molecule has 0 aliphatic carbocycles. The maximum absolute atomic E-state index is 5.51. The summed E-state index contributed by atoms with van der Waals surface area (Å²) in [6, 6.07) is 15.3. The molecule has 0 radical (unpaired) electrons. The lowest BCUT2D eigenvalue weighted by Crippen LogP contribution is -2.45. The molecule has 2 aromatic rings. The first-order valence-electron chi connectivity index (χ1n) is 8.46. The van der Waals surface area contributed by atoms with Crippen molar-refractivity contribution < 1.29 is 9.47 Å². The molecule has 0 spiro atoms. The molecule has 1 saturated heterocycles. The minimum absolute atomic E-state index is 0.229. The molecule has 4 heteroatoms. The summed E-state index contributed by atoms with van der Waals surface area (Å²) >= 11 is 0. The average molecular weight is 326 g/mol.